The Hall–Kier alpha value is -2.91. The fraction of sp³-hybridized carbons (Fsp3) is 0.385. The van der Waals surface area contributed by atoms with Crippen LogP contribution in [0.5, 0.6) is 0 Å². The molecule has 192 valence electrons. The molecule has 0 spiro atoms. The lowest BCUT2D eigenvalue weighted by Crippen LogP contribution is -2.52. The van der Waals surface area contributed by atoms with Gasteiger partial charge in [0.1, 0.15) is 5.82 Å². The van der Waals surface area contributed by atoms with Crippen LogP contribution in [-0.4, -0.2) is 46.3 Å². The zero-order valence-electron chi connectivity index (χ0n) is 19.9. The van der Waals surface area contributed by atoms with Gasteiger partial charge in [0.2, 0.25) is 0 Å². The van der Waals surface area contributed by atoms with Crippen LogP contribution in [0.1, 0.15) is 47.3 Å². The minimum Gasteiger partial charge on any atom is -0.349 e. The zero-order valence-corrected chi connectivity index (χ0v) is 20.7. The monoisotopic (exact) mass is 522 g/mol. The van der Waals surface area contributed by atoms with Crippen LogP contribution in [0.4, 0.5) is 17.6 Å². The molecule has 5 nitrogen and oxygen atoms in total. The predicted octanol–water partition coefficient (Wildman–Crippen LogP) is 5.90. The van der Waals surface area contributed by atoms with Gasteiger partial charge in [-0.1, -0.05) is 29.8 Å². The maximum atomic E-state index is 14.3. The number of halogens is 5. The van der Waals surface area contributed by atoms with E-state index >= 15 is 0 Å². The van der Waals surface area contributed by atoms with Crippen molar-refractivity contribution in [3.8, 4) is 5.69 Å². The number of benzene rings is 2. The van der Waals surface area contributed by atoms with Crippen LogP contribution < -0.4 is 5.32 Å². The van der Waals surface area contributed by atoms with Crippen LogP contribution in [0.15, 0.2) is 54.7 Å². The van der Waals surface area contributed by atoms with E-state index in [0.717, 1.165) is 6.20 Å². The molecule has 0 radical (unpaired) electrons. The quantitative estimate of drug-likeness (QED) is 0.410. The minimum absolute atomic E-state index is 0.146. The first-order valence-corrected chi connectivity index (χ1v) is 12.0. The summed E-state index contributed by atoms with van der Waals surface area (Å²) in [6.07, 6.45) is -0.895. The van der Waals surface area contributed by atoms with Gasteiger partial charge in [-0.25, -0.2) is 9.07 Å². The van der Waals surface area contributed by atoms with E-state index < -0.39 is 23.3 Å². The number of nitrogens with one attached hydrogen (secondary N) is 1. The summed E-state index contributed by atoms with van der Waals surface area (Å²) >= 11 is 5.85. The number of likely N-dealkylation sites (N-methyl/N-ethyl adjacent to an activating group) is 1. The van der Waals surface area contributed by atoms with E-state index in [2.05, 4.69) is 15.3 Å². The number of amides is 1. The standard InChI is InChI=1S/C26H27ClF4N4O/c1-34(2)25(15-17-5-3-4-6-22(17)28)13-11-19(12-14-25)33-24(36)21-16-32-35(23(21)26(29,30)31)20-9-7-18(27)8-10-20/h3-10,16,19H,11-15H2,1-2H3,(H,33,36). The Bertz CT molecular complexity index is 1220. The normalized spacial score (nSPS) is 20.5. The molecule has 1 heterocycles. The third kappa shape index (κ3) is 5.42. The van der Waals surface area contributed by atoms with E-state index in [1.54, 1.807) is 18.2 Å². The number of rotatable bonds is 6. The number of hydrogen-bond acceptors (Lipinski definition) is 3. The Morgan fingerprint density at radius 3 is 2.36 bits per heavy atom. The molecule has 0 aliphatic heterocycles. The summed E-state index contributed by atoms with van der Waals surface area (Å²) in [6, 6.07) is 12.1. The molecule has 1 amide bonds. The van der Waals surface area contributed by atoms with Gasteiger partial charge in [-0.05, 0) is 82.1 Å². The molecule has 1 aliphatic rings. The van der Waals surface area contributed by atoms with Gasteiger partial charge < -0.3 is 10.2 Å². The average molecular weight is 523 g/mol. The summed E-state index contributed by atoms with van der Waals surface area (Å²) in [7, 11) is 3.89. The van der Waals surface area contributed by atoms with Crippen molar-refractivity contribution in [2.45, 2.75) is 49.9 Å². The number of aromatic nitrogens is 2. The number of carbonyl (C=O) groups excluding carboxylic acids is 1. The summed E-state index contributed by atoms with van der Waals surface area (Å²) in [4.78, 5) is 15.0. The van der Waals surface area contributed by atoms with Crippen molar-refractivity contribution in [2.75, 3.05) is 14.1 Å². The first-order valence-electron chi connectivity index (χ1n) is 11.6. The molecule has 1 N–H and O–H groups in total. The van der Waals surface area contributed by atoms with Gasteiger partial charge in [0.05, 0.1) is 17.4 Å². The number of alkyl halides is 3. The Kier molecular flexibility index (Phi) is 7.43. The fourth-order valence-electron chi connectivity index (χ4n) is 4.91. The van der Waals surface area contributed by atoms with Crippen molar-refractivity contribution >= 4 is 17.5 Å². The van der Waals surface area contributed by atoms with Gasteiger partial charge in [-0.3, -0.25) is 4.79 Å². The van der Waals surface area contributed by atoms with Gasteiger partial charge in [-0.15, -0.1) is 0 Å². The van der Waals surface area contributed by atoms with E-state index in [-0.39, 0.29) is 23.1 Å². The molecule has 1 fully saturated rings. The Morgan fingerprint density at radius 1 is 1.14 bits per heavy atom. The fourth-order valence-corrected chi connectivity index (χ4v) is 5.03. The van der Waals surface area contributed by atoms with Gasteiger partial charge in [0, 0.05) is 16.6 Å². The topological polar surface area (TPSA) is 50.2 Å². The van der Waals surface area contributed by atoms with Crippen LogP contribution in [0.2, 0.25) is 5.02 Å². The highest BCUT2D eigenvalue weighted by atomic mass is 35.5. The smallest absolute Gasteiger partial charge is 0.349 e. The van der Waals surface area contributed by atoms with Gasteiger partial charge in [0.25, 0.3) is 5.91 Å². The molecule has 1 aliphatic carbocycles. The van der Waals surface area contributed by atoms with Crippen molar-refractivity contribution < 1.29 is 22.4 Å². The summed E-state index contributed by atoms with van der Waals surface area (Å²) in [5.74, 6) is -1.08. The van der Waals surface area contributed by atoms with Crippen molar-refractivity contribution in [3.63, 3.8) is 0 Å². The first-order chi connectivity index (χ1) is 17.0. The van der Waals surface area contributed by atoms with E-state index in [0.29, 0.717) is 47.4 Å². The Balaban J connectivity index is 1.50. The second-order valence-electron chi connectivity index (χ2n) is 9.43. The molecule has 10 heteroatoms. The summed E-state index contributed by atoms with van der Waals surface area (Å²) < 4.78 is 56.9. The molecular weight excluding hydrogens is 496 g/mol. The molecule has 3 aromatic rings. The van der Waals surface area contributed by atoms with Crippen molar-refractivity contribution in [1.82, 2.24) is 20.0 Å². The number of nitrogens with zero attached hydrogens (tertiary/aromatic N) is 3. The molecule has 1 saturated carbocycles. The first kappa shape index (κ1) is 26.2. The Labute approximate surface area is 212 Å². The molecule has 0 atom stereocenters. The largest absolute Gasteiger partial charge is 0.434 e. The highest BCUT2D eigenvalue weighted by Crippen LogP contribution is 2.37. The van der Waals surface area contributed by atoms with E-state index in [1.807, 2.05) is 14.1 Å². The third-order valence-electron chi connectivity index (χ3n) is 7.03. The third-order valence-corrected chi connectivity index (χ3v) is 7.28. The van der Waals surface area contributed by atoms with E-state index in [1.165, 1.54) is 30.3 Å². The van der Waals surface area contributed by atoms with Crippen LogP contribution in [0.3, 0.4) is 0 Å². The van der Waals surface area contributed by atoms with Gasteiger partial charge >= 0.3 is 6.18 Å². The van der Waals surface area contributed by atoms with Gasteiger partial charge in [0.15, 0.2) is 5.69 Å². The SMILES string of the molecule is CN(C)C1(Cc2ccccc2F)CCC(NC(=O)c2cnn(-c3ccc(Cl)cc3)c2C(F)(F)F)CC1. The van der Waals surface area contributed by atoms with Crippen LogP contribution in [-0.2, 0) is 12.6 Å². The van der Waals surface area contributed by atoms with Crippen molar-refractivity contribution in [1.29, 1.82) is 0 Å². The molecule has 0 saturated heterocycles. The van der Waals surface area contributed by atoms with Crippen molar-refractivity contribution in [2.24, 2.45) is 0 Å². The summed E-state index contributed by atoms with van der Waals surface area (Å²) in [6.45, 7) is 0. The highest BCUT2D eigenvalue weighted by molar-refractivity contribution is 6.30. The lowest BCUT2D eigenvalue weighted by atomic mass is 9.74. The lowest BCUT2D eigenvalue weighted by Gasteiger charge is -2.45. The summed E-state index contributed by atoms with van der Waals surface area (Å²) in [5, 5.41) is 6.99. The molecule has 36 heavy (non-hydrogen) atoms. The molecule has 0 unspecified atom stereocenters. The summed E-state index contributed by atoms with van der Waals surface area (Å²) in [5.41, 5.74) is -1.21. The van der Waals surface area contributed by atoms with Gasteiger partial charge in [-0.2, -0.15) is 18.3 Å². The molecule has 2 aromatic carbocycles. The maximum Gasteiger partial charge on any atom is 0.434 e. The molecule has 4 rings (SSSR count). The van der Waals surface area contributed by atoms with E-state index in [9.17, 15) is 22.4 Å². The van der Waals surface area contributed by atoms with Crippen LogP contribution in [0, 0.1) is 5.82 Å². The maximum absolute atomic E-state index is 14.3. The van der Waals surface area contributed by atoms with Crippen molar-refractivity contribution in [3.05, 3.63) is 82.4 Å². The zero-order chi connectivity index (χ0) is 26.1. The molecule has 1 aromatic heterocycles. The second kappa shape index (κ2) is 10.2. The van der Waals surface area contributed by atoms with Crippen LogP contribution >= 0.6 is 11.6 Å². The minimum atomic E-state index is -4.80. The van der Waals surface area contributed by atoms with E-state index in [4.69, 9.17) is 11.6 Å². The Morgan fingerprint density at radius 2 is 1.78 bits per heavy atom. The predicted molar refractivity (Wildman–Crippen MR) is 130 cm³/mol. The molecular formula is C26H27ClF4N4O. The highest BCUT2D eigenvalue weighted by Gasteiger charge is 2.42. The second-order valence-corrected chi connectivity index (χ2v) is 9.86. The average Bonchev–Trinajstić information content (AvgIpc) is 3.28. The molecule has 0 bridgehead atoms. The van der Waals surface area contributed by atoms with Crippen LogP contribution in [0.25, 0.3) is 5.69 Å². The number of hydrogen-bond donors (Lipinski definition) is 1. The number of carbonyl (C=O) groups is 1. The lowest BCUT2D eigenvalue weighted by molar-refractivity contribution is -0.143.